The van der Waals surface area contributed by atoms with Crippen LogP contribution in [0.5, 0.6) is 0 Å². The Labute approximate surface area is 108 Å². The van der Waals surface area contributed by atoms with E-state index in [2.05, 4.69) is 39.2 Å². The molecule has 0 aromatic carbocycles. The molecule has 2 aliphatic heterocycles. The molecule has 3 aliphatic rings. The van der Waals surface area contributed by atoms with Gasteiger partial charge in [0.05, 0.1) is 16.2 Å². The summed E-state index contributed by atoms with van der Waals surface area (Å²) in [5, 5.41) is 0. The number of aromatic nitrogens is 1. The van der Waals surface area contributed by atoms with E-state index in [1.54, 1.807) is 6.07 Å². The van der Waals surface area contributed by atoms with E-state index in [4.69, 9.17) is 0 Å². The lowest BCUT2D eigenvalue weighted by Gasteiger charge is -2.19. The van der Waals surface area contributed by atoms with Gasteiger partial charge in [-0.2, -0.15) is 0 Å². The quantitative estimate of drug-likeness (QED) is 0.738. The largest absolute Gasteiger partial charge is 0.338 e. The maximum atomic E-state index is 11.7. The molecule has 0 aromatic rings. The van der Waals surface area contributed by atoms with Crippen LogP contribution in [0, 0.1) is 0 Å². The smallest absolute Gasteiger partial charge is 0.194 e. The van der Waals surface area contributed by atoms with E-state index in [9.17, 15) is 4.79 Å². The Bertz CT molecular complexity index is 629. The van der Waals surface area contributed by atoms with Crippen molar-refractivity contribution in [3.63, 3.8) is 0 Å². The molecule has 0 amide bonds. The number of aryl methyl sites for hydroxylation is 1. The van der Waals surface area contributed by atoms with Crippen molar-refractivity contribution in [2.45, 2.75) is 18.9 Å². The highest BCUT2D eigenvalue weighted by atomic mass is 79.9. The van der Waals surface area contributed by atoms with E-state index in [0.717, 1.165) is 24.1 Å². The second-order valence-corrected chi connectivity index (χ2v) is 5.23. The Hall–Kier alpha value is -1.35. The molecule has 0 spiro atoms. The van der Waals surface area contributed by atoms with Gasteiger partial charge in [-0.25, -0.2) is 0 Å². The highest BCUT2D eigenvalue weighted by Gasteiger charge is 2.22. The molecule has 0 fully saturated rings. The summed E-state index contributed by atoms with van der Waals surface area (Å²) < 4.78 is 2.86. The van der Waals surface area contributed by atoms with Crippen LogP contribution in [-0.2, 0) is 6.42 Å². The van der Waals surface area contributed by atoms with Crippen molar-refractivity contribution in [3.8, 4) is 11.3 Å². The van der Waals surface area contributed by atoms with Crippen LogP contribution in [0.2, 0.25) is 0 Å². The minimum atomic E-state index is 0.0353. The third kappa shape index (κ3) is 1.57. The Morgan fingerprint density at radius 3 is 3.00 bits per heavy atom. The first kappa shape index (κ1) is 10.8. The lowest BCUT2D eigenvalue weighted by atomic mass is 10.1. The summed E-state index contributed by atoms with van der Waals surface area (Å²) in [5.74, 6) is 0. The summed E-state index contributed by atoms with van der Waals surface area (Å²) in [6.45, 7) is 3.88. The number of hydrogen-bond acceptors (Lipinski definition) is 1. The Kier molecular flexibility index (Phi) is 2.44. The second-order valence-electron chi connectivity index (χ2n) is 4.38. The van der Waals surface area contributed by atoms with Crippen LogP contribution in [0.3, 0.4) is 0 Å². The number of halogens is 1. The minimum Gasteiger partial charge on any atom is -0.338 e. The second kappa shape index (κ2) is 3.84. The Morgan fingerprint density at radius 2 is 2.24 bits per heavy atom. The molecule has 1 aliphatic carbocycles. The monoisotopic (exact) mass is 289 g/mol. The molecule has 1 atom stereocenters. The molecular weight excluding hydrogens is 278 g/mol. The molecule has 0 N–H and O–H groups in total. The predicted octanol–water partition coefficient (Wildman–Crippen LogP) is 3.39. The Morgan fingerprint density at radius 1 is 1.41 bits per heavy atom. The molecule has 0 saturated heterocycles. The molecule has 86 valence electrons. The summed E-state index contributed by atoms with van der Waals surface area (Å²) >= 11 is 3.29. The number of fused-ring (bicyclic) bond motifs is 3. The van der Waals surface area contributed by atoms with E-state index in [1.807, 2.05) is 12.1 Å². The summed E-state index contributed by atoms with van der Waals surface area (Å²) in [7, 11) is 0. The molecule has 0 bridgehead atoms. The highest BCUT2D eigenvalue weighted by Crippen LogP contribution is 2.34. The van der Waals surface area contributed by atoms with Gasteiger partial charge in [0.25, 0.3) is 0 Å². The van der Waals surface area contributed by atoms with Gasteiger partial charge in [-0.15, -0.1) is 6.58 Å². The van der Waals surface area contributed by atoms with Crippen LogP contribution in [0.1, 0.15) is 18.2 Å². The van der Waals surface area contributed by atoms with Crippen molar-refractivity contribution in [1.82, 2.24) is 4.57 Å². The normalized spacial score (nSPS) is 18.3. The van der Waals surface area contributed by atoms with Gasteiger partial charge in [-0.1, -0.05) is 12.1 Å². The minimum absolute atomic E-state index is 0.0353. The molecule has 17 heavy (non-hydrogen) atoms. The van der Waals surface area contributed by atoms with Gasteiger partial charge in [0.2, 0.25) is 0 Å². The lowest BCUT2D eigenvalue weighted by molar-refractivity contribution is 0.645. The zero-order valence-corrected chi connectivity index (χ0v) is 10.9. The van der Waals surface area contributed by atoms with Gasteiger partial charge in [0.1, 0.15) is 0 Å². The van der Waals surface area contributed by atoms with E-state index < -0.39 is 0 Å². The van der Waals surface area contributed by atoms with Gasteiger partial charge < -0.3 is 4.57 Å². The zero-order valence-electron chi connectivity index (χ0n) is 9.32. The maximum absolute atomic E-state index is 11.7. The van der Waals surface area contributed by atoms with Crippen LogP contribution in [0.15, 0.2) is 46.2 Å². The fraction of sp³-hybridized carbons (Fsp3) is 0.214. The lowest BCUT2D eigenvalue weighted by Crippen LogP contribution is -2.11. The number of hydrogen-bond donors (Lipinski definition) is 0. The molecular formula is C14H12BrNO. The van der Waals surface area contributed by atoms with Crippen molar-refractivity contribution in [2.24, 2.45) is 0 Å². The van der Waals surface area contributed by atoms with E-state index in [0.29, 0.717) is 10.5 Å². The van der Waals surface area contributed by atoms with Gasteiger partial charge >= 0.3 is 0 Å². The molecule has 0 radical (unpaired) electrons. The third-order valence-corrected chi connectivity index (χ3v) is 4.03. The molecule has 2 nitrogen and oxygen atoms in total. The zero-order chi connectivity index (χ0) is 12.0. The number of allylic oxidation sites excluding steroid dienone is 1. The summed E-state index contributed by atoms with van der Waals surface area (Å²) in [5.41, 5.74) is 3.42. The van der Waals surface area contributed by atoms with Crippen LogP contribution in [-0.4, -0.2) is 4.57 Å². The number of pyridine rings is 1. The average molecular weight is 290 g/mol. The molecule has 3 heteroatoms. The number of nitrogens with zero attached hydrogens (tertiary/aromatic N) is 1. The van der Waals surface area contributed by atoms with Crippen molar-refractivity contribution in [1.29, 1.82) is 0 Å². The van der Waals surface area contributed by atoms with Gasteiger partial charge in [0, 0.05) is 11.8 Å². The van der Waals surface area contributed by atoms with Crippen LogP contribution >= 0.6 is 15.9 Å². The van der Waals surface area contributed by atoms with E-state index in [1.165, 1.54) is 5.69 Å². The first-order valence-corrected chi connectivity index (χ1v) is 6.46. The van der Waals surface area contributed by atoms with Crippen molar-refractivity contribution in [3.05, 3.63) is 57.3 Å². The topological polar surface area (TPSA) is 22.0 Å². The van der Waals surface area contributed by atoms with Crippen LogP contribution in [0.25, 0.3) is 11.3 Å². The molecule has 0 saturated carbocycles. The van der Waals surface area contributed by atoms with E-state index in [-0.39, 0.29) is 5.43 Å². The van der Waals surface area contributed by atoms with Crippen LogP contribution in [0.4, 0.5) is 0 Å². The SMILES string of the molecule is C=C[C@@H]1CCc2ccc3cc(Br)c(=O)cc-3n21. The molecule has 3 rings (SSSR count). The van der Waals surface area contributed by atoms with Gasteiger partial charge in [0.15, 0.2) is 5.43 Å². The van der Waals surface area contributed by atoms with Gasteiger partial charge in [-0.3, -0.25) is 4.79 Å². The Balaban J connectivity index is 2.37. The number of rotatable bonds is 1. The highest BCUT2D eigenvalue weighted by molar-refractivity contribution is 9.10. The van der Waals surface area contributed by atoms with Crippen molar-refractivity contribution in [2.75, 3.05) is 0 Å². The molecule has 0 aromatic heterocycles. The summed E-state index contributed by atoms with van der Waals surface area (Å²) in [6.07, 6.45) is 4.09. The van der Waals surface area contributed by atoms with Gasteiger partial charge in [-0.05, 0) is 46.5 Å². The fourth-order valence-electron chi connectivity index (χ4n) is 2.56. The van der Waals surface area contributed by atoms with Crippen LogP contribution < -0.4 is 5.43 Å². The standard InChI is InChI=1S/C14H12BrNO/c1-2-10-5-6-11-4-3-9-7-12(15)14(17)8-13(9)16(10)11/h2-4,7-8,10H,1,5-6H2/t10-/m1/s1. The van der Waals surface area contributed by atoms with Crippen molar-refractivity contribution < 1.29 is 0 Å². The summed E-state index contributed by atoms with van der Waals surface area (Å²) in [4.78, 5) is 11.7. The third-order valence-electron chi connectivity index (χ3n) is 3.41. The fourth-order valence-corrected chi connectivity index (χ4v) is 2.93. The molecule has 0 unspecified atom stereocenters. The number of benzene rings is 1. The summed E-state index contributed by atoms with van der Waals surface area (Å²) in [6, 6.07) is 8.14. The maximum Gasteiger partial charge on any atom is 0.194 e. The van der Waals surface area contributed by atoms with E-state index >= 15 is 0 Å². The predicted molar refractivity (Wildman–Crippen MR) is 72.6 cm³/mol. The first-order chi connectivity index (χ1) is 8.20. The first-order valence-electron chi connectivity index (χ1n) is 5.67. The molecule has 2 heterocycles. The van der Waals surface area contributed by atoms with Crippen molar-refractivity contribution >= 4 is 15.9 Å². The average Bonchev–Trinajstić information content (AvgIpc) is 2.74.